The van der Waals surface area contributed by atoms with Crippen LogP contribution in [-0.2, 0) is 4.79 Å². The van der Waals surface area contributed by atoms with Gasteiger partial charge >= 0.3 is 0 Å². The molecule has 1 heterocycles. The minimum absolute atomic E-state index is 0.0289. The third-order valence-electron chi connectivity index (χ3n) is 3.09. The van der Waals surface area contributed by atoms with Crippen molar-refractivity contribution in [3.05, 3.63) is 28.6 Å². The van der Waals surface area contributed by atoms with Crippen LogP contribution in [0.1, 0.15) is 22.2 Å². The summed E-state index contributed by atoms with van der Waals surface area (Å²) in [5.74, 6) is -0.433. The Labute approximate surface area is 121 Å². The number of amides is 2. The third kappa shape index (κ3) is 2.91. The Morgan fingerprint density at radius 3 is 2.90 bits per heavy atom. The summed E-state index contributed by atoms with van der Waals surface area (Å²) in [5, 5.41) is 7.00. The lowest BCUT2D eigenvalue weighted by molar-refractivity contribution is -0.110. The van der Waals surface area contributed by atoms with Crippen LogP contribution in [0.2, 0.25) is 0 Å². The molecular weight excluding hydrogens is 274 g/mol. The largest absolute Gasteiger partial charge is 0.382 e. The summed E-state index contributed by atoms with van der Waals surface area (Å²) < 4.78 is 1.10. The molecule has 0 spiro atoms. The van der Waals surface area contributed by atoms with Crippen molar-refractivity contribution in [3.63, 3.8) is 0 Å². The Morgan fingerprint density at radius 1 is 1.50 bits per heavy atom. The van der Waals surface area contributed by atoms with E-state index in [1.54, 1.807) is 23.5 Å². The molecule has 2 rings (SSSR count). The molecule has 20 heavy (non-hydrogen) atoms. The summed E-state index contributed by atoms with van der Waals surface area (Å²) in [4.78, 5) is 22.8. The van der Waals surface area contributed by atoms with Crippen molar-refractivity contribution in [1.82, 2.24) is 5.32 Å². The number of thiophene rings is 1. The molecule has 0 aliphatic heterocycles. The summed E-state index contributed by atoms with van der Waals surface area (Å²) in [7, 11) is 0. The highest BCUT2D eigenvalue weighted by Gasteiger charge is 2.12. The monoisotopic (exact) mass is 291 g/mol. The van der Waals surface area contributed by atoms with Gasteiger partial charge in [-0.15, -0.1) is 11.3 Å². The quantitative estimate of drug-likeness (QED) is 0.710. The molecule has 1 aromatic carbocycles. The van der Waals surface area contributed by atoms with E-state index in [-0.39, 0.29) is 6.04 Å². The van der Waals surface area contributed by atoms with Gasteiger partial charge in [0.1, 0.15) is 0 Å². The van der Waals surface area contributed by atoms with Crippen molar-refractivity contribution in [3.8, 4) is 0 Å². The normalized spacial score (nSPS) is 12.1. The molecule has 2 amide bonds. The Kier molecular flexibility index (Phi) is 4.24. The molecule has 0 saturated heterocycles. The van der Waals surface area contributed by atoms with Crippen LogP contribution in [0.3, 0.4) is 0 Å². The zero-order chi connectivity index (χ0) is 14.7. The summed E-state index contributed by atoms with van der Waals surface area (Å²) in [6.07, 6.45) is 0.691. The lowest BCUT2D eigenvalue weighted by Crippen LogP contribution is -2.31. The first kappa shape index (κ1) is 14.3. The molecule has 6 heteroatoms. The number of carbonyl (C=O) groups is 2. The molecular formula is C14H17N3O2S. The summed E-state index contributed by atoms with van der Waals surface area (Å²) >= 11 is 1.66. The number of nitrogens with two attached hydrogens (primary N) is 1. The number of anilines is 1. The molecule has 0 aliphatic carbocycles. The fourth-order valence-electron chi connectivity index (χ4n) is 2.02. The van der Waals surface area contributed by atoms with Crippen LogP contribution in [-0.4, -0.2) is 24.9 Å². The van der Waals surface area contributed by atoms with E-state index < -0.39 is 5.91 Å². The number of fused-ring (bicyclic) bond motifs is 1. The smallest absolute Gasteiger partial charge is 0.248 e. The maximum atomic E-state index is 11.3. The van der Waals surface area contributed by atoms with Gasteiger partial charge in [0.2, 0.25) is 12.3 Å². The predicted octanol–water partition coefficient (Wildman–Crippen LogP) is 1.86. The van der Waals surface area contributed by atoms with Crippen LogP contribution < -0.4 is 16.4 Å². The van der Waals surface area contributed by atoms with Crippen LogP contribution in [0.15, 0.2) is 18.2 Å². The number of hydrogen-bond acceptors (Lipinski definition) is 4. The summed E-state index contributed by atoms with van der Waals surface area (Å²) in [5.41, 5.74) is 6.81. The molecule has 0 fully saturated rings. The maximum Gasteiger partial charge on any atom is 0.248 e. The highest BCUT2D eigenvalue weighted by atomic mass is 32.1. The van der Waals surface area contributed by atoms with Gasteiger partial charge in [0.25, 0.3) is 0 Å². The predicted molar refractivity (Wildman–Crippen MR) is 82.2 cm³/mol. The molecule has 106 valence electrons. The summed E-state index contributed by atoms with van der Waals surface area (Å²) in [6.45, 7) is 4.56. The van der Waals surface area contributed by atoms with Crippen LogP contribution in [0.25, 0.3) is 10.1 Å². The van der Waals surface area contributed by atoms with Gasteiger partial charge in [-0.05, 0) is 32.0 Å². The standard InChI is InChI=1S/C14H17N3O2S/c1-8(17-7-18)6-16-13-9(2)20-12-4-3-10(14(15)19)5-11(12)13/h3-5,7-8,16H,6H2,1-2H3,(H2,15,19)(H,17,18). The number of carbonyl (C=O) groups excluding carboxylic acids is 2. The van der Waals surface area contributed by atoms with E-state index >= 15 is 0 Å². The number of primary amides is 1. The molecule has 0 radical (unpaired) electrons. The van der Waals surface area contributed by atoms with Gasteiger partial charge in [0.05, 0.1) is 5.69 Å². The van der Waals surface area contributed by atoms with Gasteiger partial charge in [-0.3, -0.25) is 9.59 Å². The maximum absolute atomic E-state index is 11.3. The second kappa shape index (κ2) is 5.92. The zero-order valence-electron chi connectivity index (χ0n) is 11.4. The topological polar surface area (TPSA) is 84.2 Å². The second-order valence-corrected chi connectivity index (χ2v) is 5.93. The molecule has 2 aromatic rings. The number of aryl methyl sites for hydroxylation is 1. The first-order valence-electron chi connectivity index (χ1n) is 6.29. The van der Waals surface area contributed by atoms with E-state index in [4.69, 9.17) is 5.73 Å². The fraction of sp³-hybridized carbons (Fsp3) is 0.286. The average molecular weight is 291 g/mol. The zero-order valence-corrected chi connectivity index (χ0v) is 12.2. The van der Waals surface area contributed by atoms with Crippen molar-refractivity contribution in [2.75, 3.05) is 11.9 Å². The Hall–Kier alpha value is -2.08. The molecule has 1 aromatic heterocycles. The van der Waals surface area contributed by atoms with E-state index in [0.29, 0.717) is 18.5 Å². The molecule has 4 N–H and O–H groups in total. The van der Waals surface area contributed by atoms with E-state index in [1.807, 2.05) is 19.9 Å². The van der Waals surface area contributed by atoms with Gasteiger partial charge in [-0.2, -0.15) is 0 Å². The molecule has 5 nitrogen and oxygen atoms in total. The average Bonchev–Trinajstić information content (AvgIpc) is 2.71. The highest BCUT2D eigenvalue weighted by molar-refractivity contribution is 7.19. The molecule has 0 aliphatic rings. The minimum atomic E-state index is -0.433. The van der Waals surface area contributed by atoms with Crippen molar-refractivity contribution < 1.29 is 9.59 Å². The van der Waals surface area contributed by atoms with Gasteiger partial charge in [0, 0.05) is 33.1 Å². The van der Waals surface area contributed by atoms with E-state index in [2.05, 4.69) is 10.6 Å². The fourth-order valence-corrected chi connectivity index (χ4v) is 3.04. The summed E-state index contributed by atoms with van der Waals surface area (Å²) in [6, 6.07) is 5.48. The van der Waals surface area contributed by atoms with Gasteiger partial charge in [-0.1, -0.05) is 0 Å². The van der Waals surface area contributed by atoms with Crippen LogP contribution in [0.5, 0.6) is 0 Å². The molecule has 1 atom stereocenters. The van der Waals surface area contributed by atoms with Gasteiger partial charge < -0.3 is 16.4 Å². The van der Waals surface area contributed by atoms with E-state index in [0.717, 1.165) is 20.7 Å². The molecule has 1 unspecified atom stereocenters. The Bertz CT molecular complexity index is 651. The van der Waals surface area contributed by atoms with Gasteiger partial charge in [0.15, 0.2) is 0 Å². The Morgan fingerprint density at radius 2 is 2.25 bits per heavy atom. The van der Waals surface area contributed by atoms with Gasteiger partial charge in [-0.25, -0.2) is 0 Å². The lowest BCUT2D eigenvalue weighted by atomic mass is 10.1. The second-order valence-electron chi connectivity index (χ2n) is 4.67. The van der Waals surface area contributed by atoms with Crippen molar-refractivity contribution >= 4 is 39.4 Å². The van der Waals surface area contributed by atoms with E-state index in [9.17, 15) is 9.59 Å². The highest BCUT2D eigenvalue weighted by Crippen LogP contribution is 2.35. The first-order valence-corrected chi connectivity index (χ1v) is 7.11. The lowest BCUT2D eigenvalue weighted by Gasteiger charge is -2.13. The van der Waals surface area contributed by atoms with Crippen LogP contribution >= 0.6 is 11.3 Å². The SMILES string of the molecule is Cc1sc2ccc(C(N)=O)cc2c1NCC(C)NC=O. The molecule has 0 saturated carbocycles. The van der Waals surface area contributed by atoms with Crippen molar-refractivity contribution in [2.24, 2.45) is 5.73 Å². The minimum Gasteiger partial charge on any atom is -0.382 e. The first-order chi connectivity index (χ1) is 9.52. The third-order valence-corrected chi connectivity index (χ3v) is 4.17. The number of hydrogen-bond donors (Lipinski definition) is 3. The number of benzene rings is 1. The van der Waals surface area contributed by atoms with Crippen molar-refractivity contribution in [2.45, 2.75) is 19.9 Å². The van der Waals surface area contributed by atoms with Crippen LogP contribution in [0.4, 0.5) is 5.69 Å². The Balaban J connectivity index is 2.31. The van der Waals surface area contributed by atoms with Crippen molar-refractivity contribution in [1.29, 1.82) is 0 Å². The molecule has 0 bridgehead atoms. The number of rotatable bonds is 6. The van der Waals surface area contributed by atoms with Crippen LogP contribution in [0, 0.1) is 6.92 Å². The number of nitrogens with one attached hydrogen (secondary N) is 2. The van der Waals surface area contributed by atoms with E-state index in [1.165, 1.54) is 0 Å².